The highest BCUT2D eigenvalue weighted by molar-refractivity contribution is 6.07. The minimum absolute atomic E-state index is 0.0223. The Hall–Kier alpha value is -2.64. The van der Waals surface area contributed by atoms with Gasteiger partial charge in [-0.25, -0.2) is 0 Å². The monoisotopic (exact) mass is 344 g/mol. The Labute approximate surface area is 145 Å². The maximum atomic E-state index is 12.5. The summed E-state index contributed by atoms with van der Waals surface area (Å²) in [6.45, 7) is 1.41. The van der Waals surface area contributed by atoms with Gasteiger partial charge in [-0.3, -0.25) is 9.59 Å². The summed E-state index contributed by atoms with van der Waals surface area (Å²) in [5, 5.41) is 2.80. The van der Waals surface area contributed by atoms with E-state index in [9.17, 15) is 9.59 Å². The van der Waals surface area contributed by atoms with E-state index >= 15 is 0 Å². The Bertz CT molecular complexity index is 742. The topological polar surface area (TPSA) is 81.0 Å². The molecule has 1 aromatic heterocycles. The van der Waals surface area contributed by atoms with Crippen molar-refractivity contribution in [2.24, 2.45) is 0 Å². The fourth-order valence-corrected chi connectivity index (χ4v) is 2.74. The molecule has 1 aromatic carbocycles. The number of rotatable bonds is 7. The predicted molar refractivity (Wildman–Crippen MR) is 91.9 cm³/mol. The van der Waals surface area contributed by atoms with Gasteiger partial charge in [0.1, 0.15) is 12.9 Å². The number of hydrogen-bond donors (Lipinski definition) is 1. The van der Waals surface area contributed by atoms with Gasteiger partial charge < -0.3 is 24.1 Å². The summed E-state index contributed by atoms with van der Waals surface area (Å²) in [6, 6.07) is 7.18. The molecule has 0 spiro atoms. The number of benzene rings is 1. The molecule has 2 amide bonds. The SMILES string of the molecule is COCCOCC(=O)Nc1ccc2c(c1)CCN2C(=O)c1ccoc1. The number of anilines is 2. The van der Waals surface area contributed by atoms with Crippen molar-refractivity contribution < 1.29 is 23.5 Å². The molecule has 2 heterocycles. The summed E-state index contributed by atoms with van der Waals surface area (Å²) >= 11 is 0. The largest absolute Gasteiger partial charge is 0.472 e. The second kappa shape index (κ2) is 7.96. The number of nitrogens with zero attached hydrogens (tertiary/aromatic N) is 1. The van der Waals surface area contributed by atoms with E-state index in [-0.39, 0.29) is 18.4 Å². The first-order valence-electron chi connectivity index (χ1n) is 8.02. The van der Waals surface area contributed by atoms with Crippen LogP contribution in [-0.2, 0) is 20.7 Å². The van der Waals surface area contributed by atoms with Crippen molar-refractivity contribution in [3.63, 3.8) is 0 Å². The quantitative estimate of drug-likeness (QED) is 0.778. The van der Waals surface area contributed by atoms with Gasteiger partial charge in [0.05, 0.1) is 25.0 Å². The molecule has 25 heavy (non-hydrogen) atoms. The Morgan fingerprint density at radius 3 is 2.92 bits per heavy atom. The van der Waals surface area contributed by atoms with Crippen molar-refractivity contribution in [2.75, 3.05) is 43.7 Å². The molecule has 0 radical (unpaired) electrons. The van der Waals surface area contributed by atoms with E-state index in [0.717, 1.165) is 17.7 Å². The molecule has 0 saturated heterocycles. The van der Waals surface area contributed by atoms with Crippen LogP contribution < -0.4 is 10.2 Å². The third kappa shape index (κ3) is 4.07. The molecular weight excluding hydrogens is 324 g/mol. The maximum Gasteiger partial charge on any atom is 0.261 e. The second-order valence-corrected chi connectivity index (χ2v) is 5.66. The van der Waals surface area contributed by atoms with Crippen molar-refractivity contribution in [2.45, 2.75) is 6.42 Å². The number of carbonyl (C=O) groups is 2. The number of methoxy groups -OCH3 is 1. The van der Waals surface area contributed by atoms with E-state index in [1.807, 2.05) is 12.1 Å². The average molecular weight is 344 g/mol. The summed E-state index contributed by atoms with van der Waals surface area (Å²) in [4.78, 5) is 26.0. The Balaban J connectivity index is 1.62. The van der Waals surface area contributed by atoms with Crippen LogP contribution in [0.15, 0.2) is 41.2 Å². The van der Waals surface area contributed by atoms with Gasteiger partial charge >= 0.3 is 0 Å². The molecule has 1 N–H and O–H groups in total. The van der Waals surface area contributed by atoms with E-state index in [2.05, 4.69) is 5.32 Å². The van der Waals surface area contributed by atoms with Gasteiger partial charge in [-0.05, 0) is 36.2 Å². The summed E-state index contributed by atoms with van der Waals surface area (Å²) in [5.74, 6) is -0.309. The number of furan rings is 1. The molecule has 0 fully saturated rings. The maximum absolute atomic E-state index is 12.5. The highest BCUT2D eigenvalue weighted by Gasteiger charge is 2.26. The average Bonchev–Trinajstić information content (AvgIpc) is 3.27. The predicted octanol–water partition coefficient (Wildman–Crippen LogP) is 2.08. The smallest absolute Gasteiger partial charge is 0.261 e. The number of fused-ring (bicyclic) bond motifs is 1. The molecule has 132 valence electrons. The highest BCUT2D eigenvalue weighted by atomic mass is 16.5. The van der Waals surface area contributed by atoms with Crippen molar-refractivity contribution in [3.05, 3.63) is 47.9 Å². The number of hydrogen-bond acceptors (Lipinski definition) is 5. The van der Waals surface area contributed by atoms with Gasteiger partial charge in [0, 0.05) is 25.0 Å². The Morgan fingerprint density at radius 2 is 2.16 bits per heavy atom. The van der Waals surface area contributed by atoms with Gasteiger partial charge in [0.2, 0.25) is 5.91 Å². The first kappa shape index (κ1) is 17.2. The molecule has 2 aromatic rings. The molecule has 7 heteroatoms. The van der Waals surface area contributed by atoms with Crippen LogP contribution in [0.2, 0.25) is 0 Å². The van der Waals surface area contributed by atoms with Crippen molar-refractivity contribution in [1.82, 2.24) is 0 Å². The van der Waals surface area contributed by atoms with Gasteiger partial charge in [-0.15, -0.1) is 0 Å². The van der Waals surface area contributed by atoms with E-state index in [0.29, 0.717) is 31.0 Å². The zero-order valence-corrected chi connectivity index (χ0v) is 14.0. The van der Waals surface area contributed by atoms with Crippen LogP contribution in [0.4, 0.5) is 11.4 Å². The van der Waals surface area contributed by atoms with Gasteiger partial charge in [0.15, 0.2) is 0 Å². The van der Waals surface area contributed by atoms with E-state index < -0.39 is 0 Å². The number of nitrogens with one attached hydrogen (secondary N) is 1. The molecule has 7 nitrogen and oxygen atoms in total. The van der Waals surface area contributed by atoms with E-state index in [1.165, 1.54) is 12.5 Å². The minimum Gasteiger partial charge on any atom is -0.472 e. The number of amides is 2. The summed E-state index contributed by atoms with van der Waals surface area (Å²) < 4.78 is 15.0. The van der Waals surface area contributed by atoms with Crippen molar-refractivity contribution in [3.8, 4) is 0 Å². The summed E-state index contributed by atoms with van der Waals surface area (Å²) in [5.41, 5.74) is 3.10. The first-order chi connectivity index (χ1) is 12.2. The van der Waals surface area contributed by atoms with Crippen LogP contribution in [0.25, 0.3) is 0 Å². The molecule has 3 rings (SSSR count). The fraction of sp³-hybridized carbons (Fsp3) is 0.333. The molecule has 0 saturated carbocycles. The van der Waals surface area contributed by atoms with Gasteiger partial charge in [-0.2, -0.15) is 0 Å². The van der Waals surface area contributed by atoms with E-state index in [4.69, 9.17) is 13.9 Å². The van der Waals surface area contributed by atoms with Crippen LogP contribution >= 0.6 is 0 Å². The summed E-state index contributed by atoms with van der Waals surface area (Å²) in [6.07, 6.45) is 3.67. The minimum atomic E-state index is -0.222. The van der Waals surface area contributed by atoms with Crippen molar-refractivity contribution in [1.29, 1.82) is 0 Å². The molecule has 0 unspecified atom stereocenters. The van der Waals surface area contributed by atoms with Crippen LogP contribution in [0.5, 0.6) is 0 Å². The molecule has 0 atom stereocenters. The third-order valence-electron chi connectivity index (χ3n) is 3.94. The zero-order valence-electron chi connectivity index (χ0n) is 14.0. The van der Waals surface area contributed by atoms with Crippen molar-refractivity contribution >= 4 is 23.2 Å². The van der Waals surface area contributed by atoms with Crippen LogP contribution in [0.1, 0.15) is 15.9 Å². The second-order valence-electron chi connectivity index (χ2n) is 5.66. The highest BCUT2D eigenvalue weighted by Crippen LogP contribution is 2.31. The Morgan fingerprint density at radius 1 is 1.28 bits per heavy atom. The molecular formula is C18H20N2O5. The lowest BCUT2D eigenvalue weighted by molar-refractivity contribution is -0.121. The lowest BCUT2D eigenvalue weighted by atomic mass is 10.1. The normalized spacial score (nSPS) is 12.9. The molecule has 0 aliphatic carbocycles. The van der Waals surface area contributed by atoms with Gasteiger partial charge in [0.25, 0.3) is 5.91 Å². The standard InChI is InChI=1S/C18H20N2O5/c1-23-8-9-25-12-17(21)19-15-2-3-16-13(10-15)4-6-20(16)18(22)14-5-7-24-11-14/h2-3,5,7,10-11H,4,6,8-9,12H2,1H3,(H,19,21). The third-order valence-corrected chi connectivity index (χ3v) is 3.94. The first-order valence-corrected chi connectivity index (χ1v) is 8.02. The number of carbonyl (C=O) groups excluding carboxylic acids is 2. The van der Waals surface area contributed by atoms with Crippen LogP contribution in [0, 0.1) is 0 Å². The van der Waals surface area contributed by atoms with E-state index in [1.54, 1.807) is 24.1 Å². The number of ether oxygens (including phenoxy) is 2. The molecule has 1 aliphatic rings. The molecule has 1 aliphatic heterocycles. The van der Waals surface area contributed by atoms with Crippen LogP contribution in [-0.4, -0.2) is 45.3 Å². The fourth-order valence-electron chi connectivity index (χ4n) is 2.74. The molecule has 0 bridgehead atoms. The zero-order chi connectivity index (χ0) is 17.6. The Kier molecular flexibility index (Phi) is 5.47. The lowest BCUT2D eigenvalue weighted by Crippen LogP contribution is -2.28. The van der Waals surface area contributed by atoms with Crippen LogP contribution in [0.3, 0.4) is 0 Å². The van der Waals surface area contributed by atoms with Gasteiger partial charge in [-0.1, -0.05) is 0 Å². The summed E-state index contributed by atoms with van der Waals surface area (Å²) in [7, 11) is 1.58. The lowest BCUT2D eigenvalue weighted by Gasteiger charge is -2.16.